The summed E-state index contributed by atoms with van der Waals surface area (Å²) in [4.78, 5) is 10.5. The zero-order valence-corrected chi connectivity index (χ0v) is 10.9. The van der Waals surface area contributed by atoms with Crippen molar-refractivity contribution >= 4 is 17.7 Å². The highest BCUT2D eigenvalue weighted by Gasteiger charge is 2.15. The third kappa shape index (κ3) is 3.99. The van der Waals surface area contributed by atoms with Gasteiger partial charge >= 0.3 is 5.97 Å². The maximum atomic E-state index is 10.5. The van der Waals surface area contributed by atoms with Crippen molar-refractivity contribution in [1.82, 2.24) is 14.8 Å². The smallest absolute Gasteiger partial charge is 0.313 e. The average molecular weight is 271 g/mol. The molecular weight excluding hydrogens is 254 g/mol. The molecule has 6 nitrogen and oxygen atoms in total. The highest BCUT2D eigenvalue weighted by Crippen LogP contribution is 2.19. The molecule has 1 N–H and O–H groups in total. The summed E-state index contributed by atoms with van der Waals surface area (Å²) < 4.78 is 7.55. The molecule has 2 heterocycles. The van der Waals surface area contributed by atoms with Gasteiger partial charge in [0, 0.05) is 13.2 Å². The van der Waals surface area contributed by atoms with Gasteiger partial charge in [0.1, 0.15) is 6.33 Å². The Morgan fingerprint density at radius 3 is 3.22 bits per heavy atom. The molecule has 0 aliphatic carbocycles. The van der Waals surface area contributed by atoms with E-state index in [2.05, 4.69) is 10.2 Å². The number of carbonyl (C=O) groups is 1. The standard InChI is InChI=1S/C11H17N3O3S/c15-10(16)7-18-11-13-12-8-14(11)5-4-9-3-1-2-6-17-9/h8-9H,1-7H2,(H,15,16). The van der Waals surface area contributed by atoms with Crippen LogP contribution in [0.3, 0.4) is 0 Å². The molecule has 0 saturated carbocycles. The molecular formula is C11H17N3O3S. The van der Waals surface area contributed by atoms with Crippen molar-refractivity contribution in [2.45, 2.75) is 43.5 Å². The molecule has 1 saturated heterocycles. The van der Waals surface area contributed by atoms with Crippen LogP contribution < -0.4 is 0 Å². The number of aromatic nitrogens is 3. The van der Waals surface area contributed by atoms with E-state index in [0.717, 1.165) is 32.4 Å². The Bertz CT molecular complexity index is 391. The van der Waals surface area contributed by atoms with E-state index < -0.39 is 5.97 Å². The van der Waals surface area contributed by atoms with Gasteiger partial charge in [0.15, 0.2) is 5.16 Å². The fraction of sp³-hybridized carbons (Fsp3) is 0.727. The van der Waals surface area contributed by atoms with Crippen LogP contribution in [0.2, 0.25) is 0 Å². The Balaban J connectivity index is 1.81. The van der Waals surface area contributed by atoms with Crippen molar-refractivity contribution in [3.8, 4) is 0 Å². The average Bonchev–Trinajstić information content (AvgIpc) is 2.82. The number of aryl methyl sites for hydroxylation is 1. The number of aliphatic carboxylic acids is 1. The molecule has 0 spiro atoms. The molecule has 0 amide bonds. The summed E-state index contributed by atoms with van der Waals surface area (Å²) in [6.45, 7) is 1.63. The summed E-state index contributed by atoms with van der Waals surface area (Å²) in [6.07, 6.45) is 6.39. The summed E-state index contributed by atoms with van der Waals surface area (Å²) in [5, 5.41) is 17.0. The van der Waals surface area contributed by atoms with Gasteiger partial charge < -0.3 is 14.4 Å². The van der Waals surface area contributed by atoms with E-state index in [1.165, 1.54) is 18.2 Å². The zero-order chi connectivity index (χ0) is 12.8. The predicted octanol–water partition coefficient (Wildman–Crippen LogP) is 1.41. The number of carboxylic acid groups (broad SMARTS) is 1. The second-order valence-electron chi connectivity index (χ2n) is 4.27. The number of hydrogen-bond donors (Lipinski definition) is 1. The predicted molar refractivity (Wildman–Crippen MR) is 66.6 cm³/mol. The first-order chi connectivity index (χ1) is 8.75. The van der Waals surface area contributed by atoms with Crippen LogP contribution in [-0.2, 0) is 16.1 Å². The van der Waals surface area contributed by atoms with E-state index >= 15 is 0 Å². The Kier molecular flexibility index (Phi) is 5.00. The molecule has 0 aromatic carbocycles. The van der Waals surface area contributed by atoms with Gasteiger partial charge in [-0.15, -0.1) is 10.2 Å². The zero-order valence-electron chi connectivity index (χ0n) is 10.1. The molecule has 0 radical (unpaired) electrons. The Morgan fingerprint density at radius 1 is 1.61 bits per heavy atom. The van der Waals surface area contributed by atoms with Crippen LogP contribution in [0.4, 0.5) is 0 Å². The third-order valence-electron chi connectivity index (χ3n) is 2.87. The largest absolute Gasteiger partial charge is 0.481 e. The molecule has 0 bridgehead atoms. The van der Waals surface area contributed by atoms with Gasteiger partial charge in [0.25, 0.3) is 0 Å². The lowest BCUT2D eigenvalue weighted by Gasteiger charge is -2.22. The fourth-order valence-corrected chi connectivity index (χ4v) is 2.62. The number of rotatable bonds is 6. The molecule has 1 aliphatic heterocycles. The van der Waals surface area contributed by atoms with Gasteiger partial charge in [0.2, 0.25) is 0 Å². The van der Waals surface area contributed by atoms with Crippen LogP contribution in [0.5, 0.6) is 0 Å². The molecule has 1 aromatic rings. The summed E-state index contributed by atoms with van der Waals surface area (Å²) in [5.74, 6) is -0.830. The molecule has 18 heavy (non-hydrogen) atoms. The lowest BCUT2D eigenvalue weighted by molar-refractivity contribution is -0.133. The second-order valence-corrected chi connectivity index (χ2v) is 5.21. The van der Waals surface area contributed by atoms with E-state index in [9.17, 15) is 4.79 Å². The van der Waals surface area contributed by atoms with Gasteiger partial charge in [-0.05, 0) is 25.7 Å². The Labute approximate surface area is 110 Å². The number of nitrogens with zero attached hydrogens (tertiary/aromatic N) is 3. The van der Waals surface area contributed by atoms with E-state index in [0.29, 0.717) is 11.3 Å². The normalized spacial score (nSPS) is 19.9. The first-order valence-electron chi connectivity index (χ1n) is 6.09. The molecule has 1 aliphatic rings. The molecule has 2 rings (SSSR count). The lowest BCUT2D eigenvalue weighted by atomic mass is 10.1. The minimum absolute atomic E-state index is 0.0125. The quantitative estimate of drug-likeness (QED) is 0.788. The van der Waals surface area contributed by atoms with Crippen LogP contribution in [-0.4, -0.2) is 44.3 Å². The van der Waals surface area contributed by atoms with E-state index in [1.54, 1.807) is 6.33 Å². The van der Waals surface area contributed by atoms with Gasteiger partial charge in [-0.3, -0.25) is 4.79 Å². The van der Waals surface area contributed by atoms with Crippen molar-refractivity contribution in [2.75, 3.05) is 12.4 Å². The number of carboxylic acids is 1. The van der Waals surface area contributed by atoms with E-state index in [1.807, 2.05) is 4.57 Å². The van der Waals surface area contributed by atoms with Crippen molar-refractivity contribution in [2.24, 2.45) is 0 Å². The minimum atomic E-state index is -0.842. The molecule has 100 valence electrons. The van der Waals surface area contributed by atoms with Crippen LogP contribution >= 0.6 is 11.8 Å². The highest BCUT2D eigenvalue weighted by atomic mass is 32.2. The monoisotopic (exact) mass is 271 g/mol. The molecule has 7 heteroatoms. The minimum Gasteiger partial charge on any atom is -0.481 e. The molecule has 1 aromatic heterocycles. The number of thioether (sulfide) groups is 1. The fourth-order valence-electron chi connectivity index (χ4n) is 1.95. The lowest BCUT2D eigenvalue weighted by Crippen LogP contribution is -2.20. The summed E-state index contributed by atoms with van der Waals surface area (Å²) in [7, 11) is 0. The molecule has 1 unspecified atom stereocenters. The van der Waals surface area contributed by atoms with Gasteiger partial charge in [0.05, 0.1) is 11.9 Å². The first kappa shape index (κ1) is 13.4. The third-order valence-corrected chi connectivity index (χ3v) is 3.84. The van der Waals surface area contributed by atoms with E-state index in [-0.39, 0.29) is 5.75 Å². The number of hydrogen-bond acceptors (Lipinski definition) is 5. The van der Waals surface area contributed by atoms with Crippen molar-refractivity contribution in [1.29, 1.82) is 0 Å². The maximum absolute atomic E-state index is 10.5. The van der Waals surface area contributed by atoms with Gasteiger partial charge in [-0.2, -0.15) is 0 Å². The molecule has 1 atom stereocenters. The Hall–Kier alpha value is -1.08. The number of ether oxygens (including phenoxy) is 1. The maximum Gasteiger partial charge on any atom is 0.313 e. The first-order valence-corrected chi connectivity index (χ1v) is 7.08. The summed E-state index contributed by atoms with van der Waals surface area (Å²) in [5.41, 5.74) is 0. The van der Waals surface area contributed by atoms with Gasteiger partial charge in [-0.1, -0.05) is 11.8 Å². The SMILES string of the molecule is O=C(O)CSc1nncn1CCC1CCCCO1. The van der Waals surface area contributed by atoms with Crippen molar-refractivity contribution in [3.05, 3.63) is 6.33 Å². The van der Waals surface area contributed by atoms with Crippen LogP contribution in [0.25, 0.3) is 0 Å². The second kappa shape index (κ2) is 6.75. The summed E-state index contributed by atoms with van der Waals surface area (Å²) in [6, 6.07) is 0. The van der Waals surface area contributed by atoms with E-state index in [4.69, 9.17) is 9.84 Å². The highest BCUT2D eigenvalue weighted by molar-refractivity contribution is 7.99. The Morgan fingerprint density at radius 2 is 2.50 bits per heavy atom. The van der Waals surface area contributed by atoms with Crippen molar-refractivity contribution < 1.29 is 14.6 Å². The molecule has 1 fully saturated rings. The van der Waals surface area contributed by atoms with Crippen LogP contribution in [0, 0.1) is 0 Å². The topological polar surface area (TPSA) is 77.2 Å². The summed E-state index contributed by atoms with van der Waals surface area (Å²) >= 11 is 1.20. The van der Waals surface area contributed by atoms with Crippen LogP contribution in [0.1, 0.15) is 25.7 Å². The van der Waals surface area contributed by atoms with Crippen LogP contribution in [0.15, 0.2) is 11.5 Å². The van der Waals surface area contributed by atoms with Crippen molar-refractivity contribution in [3.63, 3.8) is 0 Å². The van der Waals surface area contributed by atoms with Gasteiger partial charge in [-0.25, -0.2) is 0 Å².